The molecule has 0 unspecified atom stereocenters. The first kappa shape index (κ1) is 20.8. The van der Waals surface area contributed by atoms with Crippen LogP contribution < -0.4 is 0 Å². The topological polar surface area (TPSA) is 86.9 Å². The van der Waals surface area contributed by atoms with Gasteiger partial charge in [-0.15, -0.1) is 0 Å². The number of aliphatic hydroxyl groups excluding tert-OH is 1. The maximum absolute atomic E-state index is 13.4. The number of aliphatic hydroxyl groups is 1. The third kappa shape index (κ3) is 3.84. The lowest BCUT2D eigenvalue weighted by atomic mass is 9.98. The third-order valence-corrected chi connectivity index (χ3v) is 5.72. The fourth-order valence-corrected chi connectivity index (χ4v) is 3.98. The van der Waals surface area contributed by atoms with Gasteiger partial charge in [0.2, 0.25) is 5.78 Å². The largest absolute Gasteiger partial charge is 0.503 e. The molecule has 1 atom stereocenters. The Morgan fingerprint density at radius 2 is 1.90 bits per heavy atom. The molecule has 7 nitrogen and oxygen atoms in total. The summed E-state index contributed by atoms with van der Waals surface area (Å²) in [5.41, 5.74) is 1.10. The third-order valence-electron chi connectivity index (χ3n) is 5.72. The summed E-state index contributed by atoms with van der Waals surface area (Å²) in [6.07, 6.45) is 1.61. The molecule has 0 aliphatic carbocycles. The molecule has 0 fully saturated rings. The zero-order valence-corrected chi connectivity index (χ0v) is 17.6. The van der Waals surface area contributed by atoms with Crippen molar-refractivity contribution in [1.29, 1.82) is 0 Å². The van der Waals surface area contributed by atoms with Gasteiger partial charge in [0.05, 0.1) is 11.3 Å². The molecule has 0 saturated heterocycles. The van der Waals surface area contributed by atoms with Gasteiger partial charge >= 0.3 is 0 Å². The van der Waals surface area contributed by atoms with E-state index in [2.05, 4.69) is 23.7 Å². The fourth-order valence-electron chi connectivity index (χ4n) is 3.98. The Bertz CT molecular complexity index is 1100. The van der Waals surface area contributed by atoms with Crippen molar-refractivity contribution in [3.63, 3.8) is 0 Å². The molecular weight excluding hydrogens is 394 g/mol. The van der Waals surface area contributed by atoms with Crippen LogP contribution in [0.5, 0.6) is 0 Å². The molecular formula is C24H25N3O4. The molecule has 0 spiro atoms. The predicted octanol–water partition coefficient (Wildman–Crippen LogP) is 3.75. The standard InChI is InChI=1S/C24H25N3O4/c1-3-26(4-2)13-14-27-21(17-10-7-8-12-25-17)20(23(29)24(27)30)22(28)19-15-16-9-5-6-11-18(16)31-19/h5-12,15,21,29H,3-4,13-14H2,1-2H3/t21-/m1/s1. The van der Waals surface area contributed by atoms with E-state index < -0.39 is 23.5 Å². The van der Waals surface area contributed by atoms with Crippen molar-refractivity contribution in [3.05, 3.63) is 77.5 Å². The van der Waals surface area contributed by atoms with E-state index in [9.17, 15) is 14.7 Å². The minimum atomic E-state index is -0.773. The number of benzene rings is 1. The van der Waals surface area contributed by atoms with Gasteiger partial charge in [0.1, 0.15) is 11.6 Å². The lowest BCUT2D eigenvalue weighted by Gasteiger charge is -2.28. The second-order valence-corrected chi connectivity index (χ2v) is 7.42. The van der Waals surface area contributed by atoms with Gasteiger partial charge in [-0.3, -0.25) is 14.6 Å². The van der Waals surface area contributed by atoms with Crippen molar-refractivity contribution in [3.8, 4) is 0 Å². The summed E-state index contributed by atoms with van der Waals surface area (Å²) in [5, 5.41) is 11.5. The zero-order chi connectivity index (χ0) is 22.0. The number of pyridine rings is 1. The average Bonchev–Trinajstić information content (AvgIpc) is 3.34. The van der Waals surface area contributed by atoms with E-state index in [1.807, 2.05) is 18.2 Å². The predicted molar refractivity (Wildman–Crippen MR) is 117 cm³/mol. The second-order valence-electron chi connectivity index (χ2n) is 7.42. The van der Waals surface area contributed by atoms with E-state index in [1.54, 1.807) is 36.5 Å². The van der Waals surface area contributed by atoms with Crippen LogP contribution in [0.3, 0.4) is 0 Å². The molecule has 1 aromatic carbocycles. The average molecular weight is 419 g/mol. The molecule has 1 aliphatic heterocycles. The van der Waals surface area contributed by atoms with Crippen LogP contribution in [-0.4, -0.2) is 57.8 Å². The van der Waals surface area contributed by atoms with E-state index >= 15 is 0 Å². The number of fused-ring (bicyclic) bond motifs is 1. The Balaban J connectivity index is 1.73. The van der Waals surface area contributed by atoms with Crippen LogP contribution in [0.1, 0.15) is 36.1 Å². The van der Waals surface area contributed by atoms with E-state index in [-0.39, 0.29) is 11.3 Å². The lowest BCUT2D eigenvalue weighted by Crippen LogP contribution is -2.38. The highest BCUT2D eigenvalue weighted by Gasteiger charge is 2.45. The number of aromatic nitrogens is 1. The Hall–Kier alpha value is -3.45. The molecule has 1 aliphatic rings. The highest BCUT2D eigenvalue weighted by Crippen LogP contribution is 2.38. The molecule has 3 heterocycles. The molecule has 1 amide bonds. The number of hydrogen-bond acceptors (Lipinski definition) is 6. The molecule has 160 valence electrons. The van der Waals surface area contributed by atoms with Crippen molar-refractivity contribution < 1.29 is 19.1 Å². The van der Waals surface area contributed by atoms with Crippen molar-refractivity contribution in [2.24, 2.45) is 0 Å². The fraction of sp³-hybridized carbons (Fsp3) is 0.292. The van der Waals surface area contributed by atoms with Gasteiger partial charge in [0, 0.05) is 24.7 Å². The quantitative estimate of drug-likeness (QED) is 0.560. The van der Waals surface area contributed by atoms with Crippen LogP contribution in [0.25, 0.3) is 11.0 Å². The van der Waals surface area contributed by atoms with Crippen molar-refractivity contribution >= 4 is 22.7 Å². The van der Waals surface area contributed by atoms with E-state index in [0.29, 0.717) is 24.4 Å². The first-order valence-corrected chi connectivity index (χ1v) is 10.5. The summed E-state index contributed by atoms with van der Waals surface area (Å²) in [5.74, 6) is -1.53. The molecule has 0 radical (unpaired) electrons. The number of amides is 1. The number of rotatable bonds is 8. The van der Waals surface area contributed by atoms with Crippen LogP contribution in [0, 0.1) is 0 Å². The van der Waals surface area contributed by atoms with Gasteiger partial charge in [0.15, 0.2) is 11.5 Å². The monoisotopic (exact) mass is 419 g/mol. The first-order valence-electron chi connectivity index (χ1n) is 10.5. The van der Waals surface area contributed by atoms with Gasteiger partial charge in [-0.1, -0.05) is 38.1 Å². The molecule has 3 aromatic rings. The number of ketones is 1. The van der Waals surface area contributed by atoms with Gasteiger partial charge in [-0.25, -0.2) is 0 Å². The van der Waals surface area contributed by atoms with E-state index in [4.69, 9.17) is 4.42 Å². The minimum absolute atomic E-state index is 0.00213. The van der Waals surface area contributed by atoms with Gasteiger partial charge in [-0.05, 0) is 37.4 Å². The van der Waals surface area contributed by atoms with Gasteiger partial charge in [0.25, 0.3) is 5.91 Å². The Labute approximate surface area is 180 Å². The van der Waals surface area contributed by atoms with Gasteiger partial charge in [-0.2, -0.15) is 0 Å². The number of carbonyl (C=O) groups excluding carboxylic acids is 2. The number of furan rings is 1. The Morgan fingerprint density at radius 1 is 1.16 bits per heavy atom. The summed E-state index contributed by atoms with van der Waals surface area (Å²) in [4.78, 5) is 34.5. The summed E-state index contributed by atoms with van der Waals surface area (Å²) < 4.78 is 5.72. The molecule has 31 heavy (non-hydrogen) atoms. The minimum Gasteiger partial charge on any atom is -0.503 e. The molecule has 0 saturated carbocycles. The maximum atomic E-state index is 13.4. The Morgan fingerprint density at radius 3 is 2.58 bits per heavy atom. The SMILES string of the molecule is CCN(CC)CCN1C(=O)C(O)=C(C(=O)c2cc3ccccc3o2)[C@H]1c1ccccn1. The summed E-state index contributed by atoms with van der Waals surface area (Å²) in [6.45, 7) is 6.79. The molecule has 7 heteroatoms. The lowest BCUT2D eigenvalue weighted by molar-refractivity contribution is -0.129. The normalized spacial score (nSPS) is 16.7. The Kier molecular flexibility index (Phi) is 5.86. The van der Waals surface area contributed by atoms with E-state index in [1.165, 1.54) is 4.90 Å². The number of Topliss-reactive ketones (excluding diaryl/α,β-unsaturated/α-hetero) is 1. The van der Waals surface area contributed by atoms with Crippen LogP contribution in [0.2, 0.25) is 0 Å². The second kappa shape index (κ2) is 8.73. The van der Waals surface area contributed by atoms with Crippen LogP contribution >= 0.6 is 0 Å². The molecule has 2 aromatic heterocycles. The van der Waals surface area contributed by atoms with Crippen LogP contribution in [-0.2, 0) is 4.79 Å². The molecule has 1 N–H and O–H groups in total. The highest BCUT2D eigenvalue weighted by molar-refractivity contribution is 6.15. The molecule has 4 rings (SSSR count). The highest BCUT2D eigenvalue weighted by atomic mass is 16.3. The zero-order valence-electron chi connectivity index (χ0n) is 17.6. The van der Waals surface area contributed by atoms with Crippen LogP contribution in [0.15, 0.2) is 70.5 Å². The summed E-state index contributed by atoms with van der Waals surface area (Å²) in [6, 6.07) is 13.5. The van der Waals surface area contributed by atoms with Gasteiger partial charge < -0.3 is 19.3 Å². The number of para-hydroxylation sites is 1. The number of hydrogen-bond donors (Lipinski definition) is 1. The van der Waals surface area contributed by atoms with E-state index in [0.717, 1.165) is 18.5 Å². The first-order chi connectivity index (χ1) is 15.0. The van der Waals surface area contributed by atoms with Crippen molar-refractivity contribution in [1.82, 2.24) is 14.8 Å². The summed E-state index contributed by atoms with van der Waals surface area (Å²) in [7, 11) is 0. The van der Waals surface area contributed by atoms with Crippen molar-refractivity contribution in [2.75, 3.05) is 26.2 Å². The summed E-state index contributed by atoms with van der Waals surface area (Å²) >= 11 is 0. The smallest absolute Gasteiger partial charge is 0.290 e. The number of carbonyl (C=O) groups is 2. The number of likely N-dealkylation sites (N-methyl/N-ethyl adjacent to an activating group) is 1. The van der Waals surface area contributed by atoms with Crippen molar-refractivity contribution in [2.45, 2.75) is 19.9 Å². The molecule has 0 bridgehead atoms. The van der Waals surface area contributed by atoms with Crippen LogP contribution in [0.4, 0.5) is 0 Å². The number of nitrogens with zero attached hydrogens (tertiary/aromatic N) is 3. The maximum Gasteiger partial charge on any atom is 0.290 e.